The lowest BCUT2D eigenvalue weighted by Crippen LogP contribution is -2.43. The third-order valence-electron chi connectivity index (χ3n) is 4.73. The van der Waals surface area contributed by atoms with Crippen molar-refractivity contribution in [2.24, 2.45) is 10.3 Å². The number of fused-ring (bicyclic) bond motifs is 1. The van der Waals surface area contributed by atoms with Crippen LogP contribution in [-0.2, 0) is 14.4 Å². The van der Waals surface area contributed by atoms with E-state index in [4.69, 9.17) is 11.6 Å². The molecule has 10 heteroatoms. The molecular formula is C19H15ClFN5O3. The fourth-order valence-electron chi connectivity index (χ4n) is 3.23. The first-order chi connectivity index (χ1) is 13.9. The van der Waals surface area contributed by atoms with E-state index in [1.807, 2.05) is 0 Å². The maximum absolute atomic E-state index is 13.7. The van der Waals surface area contributed by atoms with Gasteiger partial charge in [0, 0.05) is 5.02 Å². The first kappa shape index (κ1) is 19.0. The number of amides is 3. The summed E-state index contributed by atoms with van der Waals surface area (Å²) in [4.78, 5) is 38.9. The number of imide groups is 1. The summed E-state index contributed by atoms with van der Waals surface area (Å²) in [6.07, 6.45) is 0. The van der Waals surface area contributed by atoms with Crippen molar-refractivity contribution in [3.8, 4) is 0 Å². The molecule has 1 fully saturated rings. The van der Waals surface area contributed by atoms with Gasteiger partial charge in [-0.05, 0) is 36.8 Å². The van der Waals surface area contributed by atoms with Crippen LogP contribution >= 0.6 is 11.6 Å². The van der Waals surface area contributed by atoms with E-state index in [-0.39, 0.29) is 12.2 Å². The molecule has 0 bridgehead atoms. The normalized spacial score (nSPS) is 20.4. The largest absolute Gasteiger partial charge is 0.322 e. The zero-order valence-electron chi connectivity index (χ0n) is 15.2. The zero-order valence-corrected chi connectivity index (χ0v) is 15.9. The molecule has 0 spiro atoms. The Morgan fingerprint density at radius 2 is 1.97 bits per heavy atom. The van der Waals surface area contributed by atoms with Crippen LogP contribution in [0.4, 0.5) is 15.8 Å². The fourth-order valence-corrected chi connectivity index (χ4v) is 3.40. The first-order valence-corrected chi connectivity index (χ1v) is 9.10. The Labute approximate surface area is 169 Å². The Balaban J connectivity index is 1.51. The van der Waals surface area contributed by atoms with E-state index in [1.54, 1.807) is 25.1 Å². The molecule has 1 saturated heterocycles. The highest BCUT2D eigenvalue weighted by Crippen LogP contribution is 2.33. The van der Waals surface area contributed by atoms with E-state index < -0.39 is 35.6 Å². The number of carbonyl (C=O) groups excluding carboxylic acids is 3. The Bertz CT molecular complexity index is 1060. The molecule has 29 heavy (non-hydrogen) atoms. The van der Waals surface area contributed by atoms with Gasteiger partial charge in [-0.3, -0.25) is 19.4 Å². The summed E-state index contributed by atoms with van der Waals surface area (Å²) >= 11 is 6.11. The summed E-state index contributed by atoms with van der Waals surface area (Å²) in [5.41, 5.74) is 1.15. The lowest BCUT2D eigenvalue weighted by atomic mass is 10.1. The summed E-state index contributed by atoms with van der Waals surface area (Å²) < 4.78 is 13.7. The van der Waals surface area contributed by atoms with Gasteiger partial charge in [0.15, 0.2) is 12.1 Å². The van der Waals surface area contributed by atoms with E-state index in [1.165, 1.54) is 24.3 Å². The molecule has 8 nitrogen and oxygen atoms in total. The first-order valence-electron chi connectivity index (χ1n) is 8.72. The molecule has 2 aliphatic heterocycles. The molecule has 1 N–H and O–H groups in total. The van der Waals surface area contributed by atoms with Crippen LogP contribution in [0.5, 0.6) is 0 Å². The molecule has 2 aliphatic rings. The summed E-state index contributed by atoms with van der Waals surface area (Å²) in [6, 6.07) is 8.47. The molecule has 4 rings (SSSR count). The molecule has 0 radical (unpaired) electrons. The topological polar surface area (TPSA) is 94.4 Å². The van der Waals surface area contributed by atoms with Crippen LogP contribution in [0.25, 0.3) is 0 Å². The van der Waals surface area contributed by atoms with Crippen molar-refractivity contribution < 1.29 is 18.8 Å². The van der Waals surface area contributed by atoms with Gasteiger partial charge < -0.3 is 5.32 Å². The highest BCUT2D eigenvalue weighted by Gasteiger charge is 2.55. The maximum Gasteiger partial charge on any atom is 0.263 e. The van der Waals surface area contributed by atoms with Crippen molar-refractivity contribution in [2.45, 2.75) is 19.0 Å². The molecule has 2 aromatic carbocycles. The number of carbonyl (C=O) groups is 3. The van der Waals surface area contributed by atoms with Crippen molar-refractivity contribution in [1.82, 2.24) is 5.01 Å². The number of benzene rings is 2. The highest BCUT2D eigenvalue weighted by atomic mass is 35.5. The third-order valence-corrected chi connectivity index (χ3v) is 5.13. The molecular weight excluding hydrogens is 401 g/mol. The molecule has 0 aromatic heterocycles. The minimum Gasteiger partial charge on any atom is -0.322 e. The van der Waals surface area contributed by atoms with E-state index >= 15 is 0 Å². The Morgan fingerprint density at radius 3 is 2.69 bits per heavy atom. The van der Waals surface area contributed by atoms with Gasteiger partial charge in [0.2, 0.25) is 5.91 Å². The SMILES string of the molecule is Cc1ccc(N2C(=O)[C@H]3N=NN(CC(=O)Nc4ccccc4F)[C@H]3C2=O)cc1Cl. The van der Waals surface area contributed by atoms with Crippen molar-refractivity contribution in [3.05, 3.63) is 58.9 Å². The predicted molar refractivity (Wildman–Crippen MR) is 103 cm³/mol. The van der Waals surface area contributed by atoms with Crippen LogP contribution in [0.15, 0.2) is 52.8 Å². The number of hydrogen-bond acceptors (Lipinski definition) is 6. The van der Waals surface area contributed by atoms with Crippen LogP contribution in [0.3, 0.4) is 0 Å². The van der Waals surface area contributed by atoms with Gasteiger partial charge in [0.1, 0.15) is 12.4 Å². The molecule has 0 aliphatic carbocycles. The number of rotatable bonds is 4. The number of anilines is 2. The van der Waals surface area contributed by atoms with Gasteiger partial charge in [-0.2, -0.15) is 5.11 Å². The van der Waals surface area contributed by atoms with Gasteiger partial charge >= 0.3 is 0 Å². The van der Waals surface area contributed by atoms with Crippen LogP contribution in [0, 0.1) is 12.7 Å². The number of nitrogens with zero attached hydrogens (tertiary/aromatic N) is 4. The van der Waals surface area contributed by atoms with Gasteiger partial charge in [0.25, 0.3) is 11.8 Å². The molecule has 2 aromatic rings. The minimum atomic E-state index is -1.04. The predicted octanol–water partition coefficient (Wildman–Crippen LogP) is 2.72. The molecule has 148 valence electrons. The highest BCUT2D eigenvalue weighted by molar-refractivity contribution is 6.32. The second kappa shape index (κ2) is 7.25. The van der Waals surface area contributed by atoms with Crippen molar-refractivity contribution in [1.29, 1.82) is 0 Å². The summed E-state index contributed by atoms with van der Waals surface area (Å²) in [6.45, 7) is 1.44. The number of para-hydroxylation sites is 1. The second-order valence-electron chi connectivity index (χ2n) is 6.67. The van der Waals surface area contributed by atoms with Crippen LogP contribution in [0.2, 0.25) is 5.02 Å². The molecule has 0 unspecified atom stereocenters. The second-order valence-corrected chi connectivity index (χ2v) is 7.07. The van der Waals surface area contributed by atoms with Crippen molar-refractivity contribution >= 4 is 40.7 Å². The number of nitrogens with one attached hydrogen (secondary N) is 1. The summed E-state index contributed by atoms with van der Waals surface area (Å²) in [7, 11) is 0. The molecule has 2 atom stereocenters. The average molecular weight is 416 g/mol. The lowest BCUT2D eigenvalue weighted by Gasteiger charge is -2.20. The van der Waals surface area contributed by atoms with Gasteiger partial charge in [-0.1, -0.05) is 35.0 Å². The Kier molecular flexibility index (Phi) is 4.75. The van der Waals surface area contributed by atoms with Crippen LogP contribution in [-0.4, -0.2) is 41.4 Å². The lowest BCUT2D eigenvalue weighted by molar-refractivity contribution is -0.123. The van der Waals surface area contributed by atoms with E-state index in [9.17, 15) is 18.8 Å². The zero-order chi connectivity index (χ0) is 20.7. The van der Waals surface area contributed by atoms with E-state index in [0.717, 1.165) is 15.5 Å². The summed E-state index contributed by atoms with van der Waals surface area (Å²) in [5.74, 6) is -2.27. The third kappa shape index (κ3) is 3.33. The molecule has 0 saturated carbocycles. The minimum absolute atomic E-state index is 0.00920. The fraction of sp³-hybridized carbons (Fsp3) is 0.211. The van der Waals surface area contributed by atoms with E-state index in [0.29, 0.717) is 10.7 Å². The van der Waals surface area contributed by atoms with Crippen molar-refractivity contribution in [3.63, 3.8) is 0 Å². The van der Waals surface area contributed by atoms with E-state index in [2.05, 4.69) is 15.7 Å². The Hall–Kier alpha value is -3.33. The molecule has 2 heterocycles. The van der Waals surface area contributed by atoms with Gasteiger partial charge in [0.05, 0.1) is 11.4 Å². The Morgan fingerprint density at radius 1 is 1.21 bits per heavy atom. The summed E-state index contributed by atoms with van der Waals surface area (Å²) in [5, 5.41) is 11.6. The maximum atomic E-state index is 13.7. The number of aryl methyl sites for hydroxylation is 1. The standard InChI is InChI=1S/C19H15ClFN5O3/c1-10-6-7-11(8-12(10)20)26-18(28)16-17(19(26)29)25(24-23-16)9-15(27)22-14-5-3-2-4-13(14)21/h2-8,16-17H,9H2,1H3,(H,22,27)/t16-,17+/m0/s1. The van der Waals surface area contributed by atoms with Gasteiger partial charge in [-0.25, -0.2) is 9.29 Å². The smallest absolute Gasteiger partial charge is 0.263 e. The number of hydrogen-bond donors (Lipinski definition) is 1. The number of halogens is 2. The quantitative estimate of drug-likeness (QED) is 0.777. The van der Waals surface area contributed by atoms with Crippen molar-refractivity contribution in [2.75, 3.05) is 16.8 Å². The molecule has 3 amide bonds. The van der Waals surface area contributed by atoms with Crippen LogP contribution in [0.1, 0.15) is 5.56 Å². The average Bonchev–Trinajstić information content (AvgIpc) is 3.20. The monoisotopic (exact) mass is 415 g/mol. The van der Waals surface area contributed by atoms with Gasteiger partial charge in [-0.15, -0.1) is 0 Å². The van der Waals surface area contributed by atoms with Crippen LogP contribution < -0.4 is 10.2 Å².